The van der Waals surface area contributed by atoms with Crippen molar-refractivity contribution < 1.29 is 4.39 Å². The third-order valence-corrected chi connectivity index (χ3v) is 4.26. The number of halogens is 2. The van der Waals surface area contributed by atoms with E-state index in [4.69, 9.17) is 11.6 Å². The molecule has 0 bridgehead atoms. The molecule has 0 N–H and O–H groups in total. The maximum absolute atomic E-state index is 13.9. The maximum Gasteiger partial charge on any atom is 0.167 e. The molecule has 1 aromatic heterocycles. The Labute approximate surface area is 106 Å². The Morgan fingerprint density at radius 1 is 1.29 bits per heavy atom. The average molecular weight is 255 g/mol. The number of pyridine rings is 1. The van der Waals surface area contributed by atoms with Gasteiger partial charge >= 0.3 is 0 Å². The molecule has 1 saturated carbocycles. The Balaban J connectivity index is 1.91. The van der Waals surface area contributed by atoms with Crippen molar-refractivity contribution in [2.24, 2.45) is 5.92 Å². The Hall–Kier alpha value is -0.830. The van der Waals surface area contributed by atoms with Crippen molar-refractivity contribution in [3.63, 3.8) is 0 Å². The van der Waals surface area contributed by atoms with Crippen molar-refractivity contribution in [2.75, 3.05) is 11.4 Å². The third-order valence-electron chi connectivity index (χ3n) is 4.05. The van der Waals surface area contributed by atoms with Gasteiger partial charge in [-0.05, 0) is 37.7 Å². The van der Waals surface area contributed by atoms with Crippen LogP contribution >= 0.6 is 11.6 Å². The standard InChI is InChI=1S/C13H16ClFN2/c14-10-7-11(15)13(16-8-10)17-6-2-4-9-3-1-5-12(9)17/h7-9,12H,1-6H2. The highest BCUT2D eigenvalue weighted by atomic mass is 35.5. The molecule has 0 amide bonds. The number of nitrogens with zero attached hydrogens (tertiary/aromatic N) is 2. The monoisotopic (exact) mass is 254 g/mol. The van der Waals surface area contributed by atoms with E-state index in [1.807, 2.05) is 0 Å². The maximum atomic E-state index is 13.9. The summed E-state index contributed by atoms with van der Waals surface area (Å²) in [6.45, 7) is 0.923. The molecule has 3 rings (SSSR count). The molecule has 92 valence electrons. The fourth-order valence-electron chi connectivity index (χ4n) is 3.34. The predicted molar refractivity (Wildman–Crippen MR) is 66.9 cm³/mol. The van der Waals surface area contributed by atoms with Crippen LogP contribution in [0, 0.1) is 11.7 Å². The fraction of sp³-hybridized carbons (Fsp3) is 0.615. The SMILES string of the molecule is Fc1cc(Cl)cnc1N1CCCC2CCCC21. The summed E-state index contributed by atoms with van der Waals surface area (Å²) < 4.78 is 13.9. The molecule has 2 aliphatic rings. The molecular weight excluding hydrogens is 239 g/mol. The predicted octanol–water partition coefficient (Wildman–Crippen LogP) is 3.64. The molecule has 0 aromatic carbocycles. The van der Waals surface area contributed by atoms with Crippen LogP contribution in [0.5, 0.6) is 0 Å². The topological polar surface area (TPSA) is 16.1 Å². The first-order valence-corrected chi connectivity index (χ1v) is 6.71. The molecule has 1 aliphatic carbocycles. The lowest BCUT2D eigenvalue weighted by atomic mass is 9.92. The quantitative estimate of drug-likeness (QED) is 0.761. The Bertz CT molecular complexity index is 424. The van der Waals surface area contributed by atoms with Crippen LogP contribution in [0.15, 0.2) is 12.3 Å². The van der Waals surface area contributed by atoms with Crippen molar-refractivity contribution >= 4 is 17.4 Å². The molecule has 0 radical (unpaired) electrons. The van der Waals surface area contributed by atoms with Crippen molar-refractivity contribution in [3.05, 3.63) is 23.1 Å². The second-order valence-electron chi connectivity index (χ2n) is 5.05. The molecular formula is C13H16ClFN2. The largest absolute Gasteiger partial charge is 0.351 e. The highest BCUT2D eigenvalue weighted by Crippen LogP contribution is 2.39. The van der Waals surface area contributed by atoms with Gasteiger partial charge in [0, 0.05) is 18.8 Å². The molecule has 2 unspecified atom stereocenters. The van der Waals surface area contributed by atoms with E-state index in [9.17, 15) is 4.39 Å². The zero-order chi connectivity index (χ0) is 11.8. The molecule has 1 aromatic rings. The molecule has 4 heteroatoms. The van der Waals surface area contributed by atoms with E-state index < -0.39 is 0 Å². The number of piperidine rings is 1. The van der Waals surface area contributed by atoms with Gasteiger partial charge in [0.1, 0.15) is 0 Å². The lowest BCUT2D eigenvalue weighted by Gasteiger charge is -2.38. The van der Waals surface area contributed by atoms with Crippen LogP contribution in [0.4, 0.5) is 10.2 Å². The lowest BCUT2D eigenvalue weighted by Crippen LogP contribution is -2.43. The van der Waals surface area contributed by atoms with Gasteiger partial charge in [0.15, 0.2) is 11.6 Å². The van der Waals surface area contributed by atoms with Gasteiger partial charge in [-0.1, -0.05) is 18.0 Å². The molecule has 1 aliphatic heterocycles. The number of hydrogen-bond donors (Lipinski definition) is 0. The van der Waals surface area contributed by atoms with Gasteiger partial charge in [-0.15, -0.1) is 0 Å². The number of anilines is 1. The van der Waals surface area contributed by atoms with Gasteiger partial charge in [-0.25, -0.2) is 9.37 Å². The summed E-state index contributed by atoms with van der Waals surface area (Å²) in [7, 11) is 0. The highest BCUT2D eigenvalue weighted by Gasteiger charge is 2.36. The Morgan fingerprint density at radius 3 is 2.94 bits per heavy atom. The molecule has 17 heavy (non-hydrogen) atoms. The van der Waals surface area contributed by atoms with Crippen LogP contribution in [0.3, 0.4) is 0 Å². The van der Waals surface area contributed by atoms with E-state index in [1.165, 1.54) is 31.7 Å². The van der Waals surface area contributed by atoms with E-state index in [1.54, 1.807) is 6.20 Å². The first kappa shape index (κ1) is 11.3. The Morgan fingerprint density at radius 2 is 2.12 bits per heavy atom. The number of rotatable bonds is 1. The van der Waals surface area contributed by atoms with Crippen LogP contribution in [0.25, 0.3) is 0 Å². The minimum Gasteiger partial charge on any atom is -0.351 e. The van der Waals surface area contributed by atoms with Gasteiger partial charge in [0.2, 0.25) is 0 Å². The van der Waals surface area contributed by atoms with Crippen LogP contribution < -0.4 is 4.90 Å². The molecule has 2 atom stereocenters. The van der Waals surface area contributed by atoms with Gasteiger partial charge in [-0.3, -0.25) is 0 Å². The molecule has 2 heterocycles. The summed E-state index contributed by atoms with van der Waals surface area (Å²) >= 11 is 5.75. The molecule has 1 saturated heterocycles. The van der Waals surface area contributed by atoms with Crippen molar-refractivity contribution in [1.29, 1.82) is 0 Å². The first-order valence-electron chi connectivity index (χ1n) is 6.33. The normalized spacial score (nSPS) is 28.2. The molecule has 2 nitrogen and oxygen atoms in total. The Kier molecular flexibility index (Phi) is 2.95. The second kappa shape index (κ2) is 4.45. The van der Waals surface area contributed by atoms with Crippen LogP contribution in [-0.2, 0) is 0 Å². The van der Waals surface area contributed by atoms with E-state index in [2.05, 4.69) is 9.88 Å². The smallest absolute Gasteiger partial charge is 0.167 e. The summed E-state index contributed by atoms with van der Waals surface area (Å²) in [6.07, 6.45) is 7.70. The summed E-state index contributed by atoms with van der Waals surface area (Å²) in [5, 5.41) is 0.367. The van der Waals surface area contributed by atoms with E-state index in [0.717, 1.165) is 18.9 Å². The van der Waals surface area contributed by atoms with Crippen molar-refractivity contribution in [3.8, 4) is 0 Å². The van der Waals surface area contributed by atoms with Gasteiger partial charge in [-0.2, -0.15) is 0 Å². The summed E-state index contributed by atoms with van der Waals surface area (Å²) in [5.41, 5.74) is 0. The number of hydrogen-bond acceptors (Lipinski definition) is 2. The van der Waals surface area contributed by atoms with Crippen LogP contribution in [0.1, 0.15) is 32.1 Å². The van der Waals surface area contributed by atoms with Crippen molar-refractivity contribution in [2.45, 2.75) is 38.1 Å². The lowest BCUT2D eigenvalue weighted by molar-refractivity contribution is 0.357. The van der Waals surface area contributed by atoms with Gasteiger partial charge < -0.3 is 4.90 Å². The van der Waals surface area contributed by atoms with Gasteiger partial charge in [0.05, 0.1) is 5.02 Å². The zero-order valence-electron chi connectivity index (χ0n) is 9.70. The minimum atomic E-state index is -0.287. The third kappa shape index (κ3) is 2.01. The number of fused-ring (bicyclic) bond motifs is 1. The van der Waals surface area contributed by atoms with Crippen LogP contribution in [0.2, 0.25) is 5.02 Å². The van der Waals surface area contributed by atoms with Crippen LogP contribution in [-0.4, -0.2) is 17.6 Å². The summed E-state index contributed by atoms with van der Waals surface area (Å²) in [6, 6.07) is 1.86. The summed E-state index contributed by atoms with van der Waals surface area (Å²) in [4.78, 5) is 6.34. The molecule has 2 fully saturated rings. The average Bonchev–Trinajstić information content (AvgIpc) is 2.77. The first-order chi connectivity index (χ1) is 8.25. The van der Waals surface area contributed by atoms with Crippen molar-refractivity contribution in [1.82, 2.24) is 4.98 Å². The summed E-state index contributed by atoms with van der Waals surface area (Å²) in [5.74, 6) is 0.941. The van der Waals surface area contributed by atoms with Gasteiger partial charge in [0.25, 0.3) is 0 Å². The van der Waals surface area contributed by atoms with E-state index >= 15 is 0 Å². The highest BCUT2D eigenvalue weighted by molar-refractivity contribution is 6.30. The van der Waals surface area contributed by atoms with E-state index in [0.29, 0.717) is 16.9 Å². The van der Waals surface area contributed by atoms with E-state index in [-0.39, 0.29) is 5.82 Å². The second-order valence-corrected chi connectivity index (χ2v) is 5.49. The molecule has 0 spiro atoms. The fourth-order valence-corrected chi connectivity index (χ4v) is 3.48. The minimum absolute atomic E-state index is 0.287. The zero-order valence-corrected chi connectivity index (χ0v) is 10.5. The number of aromatic nitrogens is 1.